The first-order chi connectivity index (χ1) is 27.0. The van der Waals surface area contributed by atoms with Gasteiger partial charge in [0.15, 0.2) is 6.10 Å². The Hall–Kier alpha value is -2.89. The van der Waals surface area contributed by atoms with E-state index in [4.69, 9.17) is 14.2 Å². The van der Waals surface area contributed by atoms with E-state index in [0.29, 0.717) is 19.3 Å². The maximum atomic E-state index is 12.7. The van der Waals surface area contributed by atoms with Gasteiger partial charge in [0.2, 0.25) is 0 Å². The molecule has 0 saturated carbocycles. The van der Waals surface area contributed by atoms with Crippen molar-refractivity contribution in [1.82, 2.24) is 0 Å². The summed E-state index contributed by atoms with van der Waals surface area (Å²) in [6, 6.07) is 0. The van der Waals surface area contributed by atoms with Gasteiger partial charge in [0.05, 0.1) is 0 Å². The molecule has 0 aliphatic rings. The first-order valence-corrected chi connectivity index (χ1v) is 22.8. The molecule has 6 nitrogen and oxygen atoms in total. The van der Waals surface area contributed by atoms with Crippen LogP contribution in [0.2, 0.25) is 0 Å². The number of hydrogen-bond acceptors (Lipinski definition) is 6. The predicted molar refractivity (Wildman–Crippen MR) is 233 cm³/mol. The van der Waals surface area contributed by atoms with E-state index < -0.39 is 6.10 Å². The van der Waals surface area contributed by atoms with E-state index in [2.05, 4.69) is 81.5 Å². The van der Waals surface area contributed by atoms with Gasteiger partial charge in [0.1, 0.15) is 13.2 Å². The normalized spacial score (nSPS) is 12.6. The lowest BCUT2D eigenvalue weighted by Crippen LogP contribution is -2.30. The second-order valence-corrected chi connectivity index (χ2v) is 14.9. The molecule has 0 fully saturated rings. The molecule has 0 radical (unpaired) electrons. The van der Waals surface area contributed by atoms with Gasteiger partial charge >= 0.3 is 17.9 Å². The molecule has 0 saturated heterocycles. The third-order valence-electron chi connectivity index (χ3n) is 9.46. The van der Waals surface area contributed by atoms with Crippen LogP contribution >= 0.6 is 0 Å². The van der Waals surface area contributed by atoms with Crippen molar-refractivity contribution in [2.45, 2.75) is 219 Å². The minimum absolute atomic E-state index is 0.0948. The second-order valence-electron chi connectivity index (χ2n) is 14.9. The van der Waals surface area contributed by atoms with Crippen LogP contribution in [-0.4, -0.2) is 37.2 Å². The highest BCUT2D eigenvalue weighted by atomic mass is 16.6. The number of rotatable bonds is 40. The third kappa shape index (κ3) is 42.1. The molecule has 316 valence electrons. The fourth-order valence-electron chi connectivity index (χ4n) is 5.94. The predicted octanol–water partition coefficient (Wildman–Crippen LogP) is 14.5. The molecule has 0 rings (SSSR count). The van der Waals surface area contributed by atoms with Crippen molar-refractivity contribution in [2.75, 3.05) is 13.2 Å². The molecule has 0 unspecified atom stereocenters. The maximum Gasteiger partial charge on any atom is 0.306 e. The Morgan fingerprint density at radius 3 is 1.13 bits per heavy atom. The molecule has 0 bridgehead atoms. The summed E-state index contributed by atoms with van der Waals surface area (Å²) in [7, 11) is 0. The third-order valence-corrected chi connectivity index (χ3v) is 9.46. The van der Waals surface area contributed by atoms with E-state index in [9.17, 15) is 14.4 Å². The molecule has 0 amide bonds. The molecule has 0 N–H and O–H groups in total. The van der Waals surface area contributed by atoms with Crippen LogP contribution in [0.25, 0.3) is 0 Å². The van der Waals surface area contributed by atoms with E-state index in [-0.39, 0.29) is 31.1 Å². The van der Waals surface area contributed by atoms with Crippen molar-refractivity contribution in [3.8, 4) is 0 Å². The summed E-state index contributed by atoms with van der Waals surface area (Å²) in [6.45, 7) is 6.46. The molecule has 0 aromatic carbocycles. The summed E-state index contributed by atoms with van der Waals surface area (Å²) in [5.41, 5.74) is 0. The van der Waals surface area contributed by atoms with Crippen LogP contribution in [0.15, 0.2) is 60.8 Å². The number of carbonyl (C=O) groups is 3. The molecular weight excluding hydrogens is 685 g/mol. The monoisotopic (exact) mass is 769 g/mol. The zero-order chi connectivity index (χ0) is 40.1. The largest absolute Gasteiger partial charge is 0.462 e. The highest BCUT2D eigenvalue weighted by Gasteiger charge is 2.19. The topological polar surface area (TPSA) is 78.9 Å². The number of carbonyl (C=O) groups excluding carboxylic acids is 3. The van der Waals surface area contributed by atoms with Gasteiger partial charge in [0.25, 0.3) is 0 Å². The van der Waals surface area contributed by atoms with Gasteiger partial charge in [-0.2, -0.15) is 0 Å². The fraction of sp³-hybridized carbons (Fsp3) is 0.735. The smallest absolute Gasteiger partial charge is 0.306 e. The second kappa shape index (κ2) is 43.8. The van der Waals surface area contributed by atoms with Gasteiger partial charge in [-0.1, -0.05) is 159 Å². The number of unbranched alkanes of at least 4 members (excludes halogenated alkanes) is 19. The average molecular weight is 769 g/mol. The van der Waals surface area contributed by atoms with E-state index in [0.717, 1.165) is 89.9 Å². The Balaban J connectivity index is 4.46. The van der Waals surface area contributed by atoms with E-state index in [1.54, 1.807) is 0 Å². The van der Waals surface area contributed by atoms with E-state index in [1.165, 1.54) is 83.5 Å². The van der Waals surface area contributed by atoms with Gasteiger partial charge in [-0.05, 0) is 96.3 Å². The highest BCUT2D eigenvalue weighted by Crippen LogP contribution is 2.12. The first-order valence-electron chi connectivity index (χ1n) is 22.8. The van der Waals surface area contributed by atoms with E-state index >= 15 is 0 Å². The Kier molecular flexibility index (Phi) is 41.5. The number of hydrogen-bond donors (Lipinski definition) is 0. The van der Waals surface area contributed by atoms with Crippen LogP contribution in [0.1, 0.15) is 213 Å². The Morgan fingerprint density at radius 2 is 0.673 bits per heavy atom. The molecule has 0 aromatic heterocycles. The molecule has 0 aliphatic heterocycles. The number of ether oxygens (including phenoxy) is 3. The summed E-state index contributed by atoms with van der Waals surface area (Å²) in [5, 5.41) is 0. The average Bonchev–Trinajstić information content (AvgIpc) is 3.18. The van der Waals surface area contributed by atoms with Crippen molar-refractivity contribution in [1.29, 1.82) is 0 Å². The maximum absolute atomic E-state index is 12.7. The summed E-state index contributed by atoms with van der Waals surface area (Å²) < 4.78 is 16.6. The zero-order valence-corrected chi connectivity index (χ0v) is 35.9. The van der Waals surface area contributed by atoms with Gasteiger partial charge in [-0.25, -0.2) is 0 Å². The van der Waals surface area contributed by atoms with E-state index in [1.807, 2.05) is 0 Å². The van der Waals surface area contributed by atoms with Crippen molar-refractivity contribution in [3.63, 3.8) is 0 Å². The lowest BCUT2D eigenvalue weighted by atomic mass is 10.1. The van der Waals surface area contributed by atoms with Crippen LogP contribution < -0.4 is 0 Å². The summed E-state index contributed by atoms with van der Waals surface area (Å²) in [6.07, 6.45) is 52.0. The molecule has 6 heteroatoms. The van der Waals surface area contributed by atoms with Gasteiger partial charge in [0, 0.05) is 19.3 Å². The van der Waals surface area contributed by atoms with Crippen LogP contribution in [0, 0.1) is 0 Å². The molecule has 0 heterocycles. The van der Waals surface area contributed by atoms with Crippen molar-refractivity contribution in [3.05, 3.63) is 60.8 Å². The lowest BCUT2D eigenvalue weighted by Gasteiger charge is -2.18. The highest BCUT2D eigenvalue weighted by molar-refractivity contribution is 5.71. The molecule has 1 atom stereocenters. The molecular formula is C49H84O6. The summed E-state index contributed by atoms with van der Waals surface area (Å²) >= 11 is 0. The minimum Gasteiger partial charge on any atom is -0.462 e. The number of allylic oxidation sites excluding steroid dienone is 10. The molecule has 0 aliphatic carbocycles. The Bertz CT molecular complexity index is 1020. The quantitative estimate of drug-likeness (QED) is 0.0267. The first kappa shape index (κ1) is 52.1. The van der Waals surface area contributed by atoms with Crippen molar-refractivity contribution >= 4 is 17.9 Å². The van der Waals surface area contributed by atoms with Crippen molar-refractivity contribution < 1.29 is 28.6 Å². The SMILES string of the molecule is CCCC/C=C\CCCCCCCC(=O)OC[C@H](COC(=O)CCCC/C=C\C/C=C\C/C=C\CCCCC)OC(=O)CCCCCCC/C=C\CCCC. The molecule has 55 heavy (non-hydrogen) atoms. The minimum atomic E-state index is -0.794. The van der Waals surface area contributed by atoms with Gasteiger partial charge < -0.3 is 14.2 Å². The molecule has 0 spiro atoms. The number of esters is 3. The standard InChI is InChI=1S/C49H84O6/c1-4-7-10-13-16-19-22-23-24-25-28-30-33-36-39-42-48(51)54-45-46(55-49(52)43-40-37-34-31-27-21-18-15-12-9-6-3)44-53-47(50)41-38-35-32-29-26-20-17-14-11-8-5-2/h14-19,23-24,28,30,46H,4-13,20-22,25-27,29,31-45H2,1-3H3/b17-14-,18-15-,19-16-,24-23-,30-28-/t46-/m1/s1. The van der Waals surface area contributed by atoms with Crippen molar-refractivity contribution in [2.24, 2.45) is 0 Å². The van der Waals surface area contributed by atoms with Gasteiger partial charge in [-0.3, -0.25) is 14.4 Å². The molecule has 0 aromatic rings. The van der Waals surface area contributed by atoms with Crippen LogP contribution in [-0.2, 0) is 28.6 Å². The summed E-state index contributed by atoms with van der Waals surface area (Å²) in [5.74, 6) is -0.958. The van der Waals surface area contributed by atoms with Gasteiger partial charge in [-0.15, -0.1) is 0 Å². The fourth-order valence-corrected chi connectivity index (χ4v) is 5.94. The lowest BCUT2D eigenvalue weighted by molar-refractivity contribution is -0.167. The Labute approximate surface area is 339 Å². The summed E-state index contributed by atoms with van der Waals surface area (Å²) in [4.78, 5) is 37.7. The zero-order valence-electron chi connectivity index (χ0n) is 35.9. The van der Waals surface area contributed by atoms with Crippen LogP contribution in [0.4, 0.5) is 0 Å². The Morgan fingerprint density at radius 1 is 0.364 bits per heavy atom. The van der Waals surface area contributed by atoms with Crippen LogP contribution in [0.5, 0.6) is 0 Å². The van der Waals surface area contributed by atoms with Crippen LogP contribution in [0.3, 0.4) is 0 Å².